The average molecular weight is 481 g/mol. The van der Waals surface area contributed by atoms with Crippen molar-refractivity contribution in [1.29, 1.82) is 0 Å². The molecule has 4 heterocycles. The summed E-state index contributed by atoms with van der Waals surface area (Å²) in [5.41, 5.74) is 16.3. The minimum Gasteiger partial charge on any atom is -0.397 e. The number of nitrogen functional groups attached to an aromatic ring is 1. The van der Waals surface area contributed by atoms with Crippen LogP contribution < -0.4 is 21.7 Å². The molecule has 5 rings (SSSR count). The van der Waals surface area contributed by atoms with E-state index in [1.54, 1.807) is 7.11 Å². The van der Waals surface area contributed by atoms with Gasteiger partial charge in [-0.05, 0) is 49.9 Å². The van der Waals surface area contributed by atoms with E-state index in [4.69, 9.17) is 21.2 Å². The molecular formula is C25H32N6O2S. The van der Waals surface area contributed by atoms with Gasteiger partial charge in [-0.15, -0.1) is 11.3 Å². The highest BCUT2D eigenvalue weighted by Gasteiger charge is 2.41. The van der Waals surface area contributed by atoms with E-state index in [-0.39, 0.29) is 23.4 Å². The Bertz CT molecular complexity index is 1240. The number of anilines is 2. The number of hydrogen-bond donors (Lipinski definition) is 3. The number of pyridine rings is 2. The first-order chi connectivity index (χ1) is 16.3. The topological polar surface area (TPSA) is 119 Å². The third-order valence-corrected chi connectivity index (χ3v) is 8.30. The van der Waals surface area contributed by atoms with E-state index in [9.17, 15) is 4.79 Å². The van der Waals surface area contributed by atoms with Gasteiger partial charge in [-0.3, -0.25) is 4.79 Å². The van der Waals surface area contributed by atoms with Crippen molar-refractivity contribution in [3.05, 3.63) is 46.1 Å². The number of aromatic nitrogens is 2. The number of amides is 1. The van der Waals surface area contributed by atoms with Gasteiger partial charge < -0.3 is 26.4 Å². The molecule has 3 aromatic heterocycles. The third kappa shape index (κ3) is 4.12. The standard InChI is InChI=1S/C25H32N6O2S/c1-14-4-7-17-21(27)22(34-24(17)28-14)23(32)29-16-6-8-18-15(10-16)5-9-20(30-18)31-11-19(26)25(2,12-31)13-33-3/h4-5,7,9,16,19H,6,8,10-13,26-27H2,1-3H3,(H,29,32)/t16-,19-,25+/m0/s1. The lowest BCUT2D eigenvalue weighted by molar-refractivity contribution is 0.0938. The molecule has 1 saturated heterocycles. The SMILES string of the molecule is COC[C@@]1(C)CN(c2ccc3c(n2)CC[C@H](NC(=O)c2sc4nc(C)ccc4c2N)C3)C[C@@H]1N. The van der Waals surface area contributed by atoms with Gasteiger partial charge in [0, 0.05) is 54.5 Å². The number of carbonyl (C=O) groups is 1. The number of rotatable bonds is 5. The predicted octanol–water partition coefficient (Wildman–Crippen LogP) is 2.67. The zero-order valence-electron chi connectivity index (χ0n) is 19.9. The highest BCUT2D eigenvalue weighted by molar-refractivity contribution is 7.21. The summed E-state index contributed by atoms with van der Waals surface area (Å²) in [6.07, 6.45) is 2.43. The Morgan fingerprint density at radius 1 is 1.32 bits per heavy atom. The van der Waals surface area contributed by atoms with Crippen LogP contribution >= 0.6 is 11.3 Å². The van der Waals surface area contributed by atoms with E-state index in [2.05, 4.69) is 34.3 Å². The minimum absolute atomic E-state index is 0.0466. The van der Waals surface area contributed by atoms with Gasteiger partial charge in [0.2, 0.25) is 0 Å². The quantitative estimate of drug-likeness (QED) is 0.514. The van der Waals surface area contributed by atoms with Crippen LogP contribution in [0.5, 0.6) is 0 Å². The Morgan fingerprint density at radius 2 is 2.15 bits per heavy atom. The lowest BCUT2D eigenvalue weighted by Crippen LogP contribution is -2.41. The fraction of sp³-hybridized carbons (Fsp3) is 0.480. The highest BCUT2D eigenvalue weighted by Crippen LogP contribution is 2.34. The molecule has 0 bridgehead atoms. The van der Waals surface area contributed by atoms with Gasteiger partial charge in [0.25, 0.3) is 5.91 Å². The van der Waals surface area contributed by atoms with Crippen LogP contribution in [0.1, 0.15) is 40.0 Å². The summed E-state index contributed by atoms with van der Waals surface area (Å²) in [6.45, 7) is 6.35. The predicted molar refractivity (Wildman–Crippen MR) is 136 cm³/mol. The second-order valence-corrected chi connectivity index (χ2v) is 10.9. The normalized spacial score (nSPS) is 24.4. The maximum atomic E-state index is 13.0. The number of carbonyl (C=O) groups excluding carboxylic acids is 1. The van der Waals surface area contributed by atoms with Gasteiger partial charge in [-0.2, -0.15) is 0 Å². The summed E-state index contributed by atoms with van der Waals surface area (Å²) in [5, 5.41) is 4.03. The highest BCUT2D eigenvalue weighted by atomic mass is 32.1. The first kappa shape index (κ1) is 23.0. The van der Waals surface area contributed by atoms with Crippen LogP contribution in [0.2, 0.25) is 0 Å². The molecule has 0 saturated carbocycles. The van der Waals surface area contributed by atoms with Crippen LogP contribution in [0.3, 0.4) is 0 Å². The number of nitrogens with two attached hydrogens (primary N) is 2. The summed E-state index contributed by atoms with van der Waals surface area (Å²) in [4.78, 5) is 26.1. The monoisotopic (exact) mass is 480 g/mol. The van der Waals surface area contributed by atoms with Gasteiger partial charge in [0.05, 0.1) is 12.3 Å². The van der Waals surface area contributed by atoms with Crippen LogP contribution in [-0.4, -0.2) is 54.8 Å². The second kappa shape index (κ2) is 8.79. The Hall–Kier alpha value is -2.75. The van der Waals surface area contributed by atoms with Crippen LogP contribution in [0.4, 0.5) is 11.5 Å². The maximum Gasteiger partial charge on any atom is 0.263 e. The molecule has 8 nitrogen and oxygen atoms in total. The first-order valence-electron chi connectivity index (χ1n) is 11.7. The summed E-state index contributed by atoms with van der Waals surface area (Å²) in [7, 11) is 1.72. The lowest BCUT2D eigenvalue weighted by atomic mass is 9.87. The molecule has 34 heavy (non-hydrogen) atoms. The number of ether oxygens (including phenoxy) is 1. The molecule has 1 amide bonds. The number of methoxy groups -OCH3 is 1. The van der Waals surface area contributed by atoms with Crippen molar-refractivity contribution < 1.29 is 9.53 Å². The van der Waals surface area contributed by atoms with E-state index in [1.165, 1.54) is 16.9 Å². The largest absolute Gasteiger partial charge is 0.397 e. The Kier molecular flexibility index (Phi) is 5.95. The van der Waals surface area contributed by atoms with Crippen molar-refractivity contribution in [2.75, 3.05) is 37.4 Å². The summed E-state index contributed by atoms with van der Waals surface area (Å²) < 4.78 is 5.41. The van der Waals surface area contributed by atoms with Gasteiger partial charge >= 0.3 is 0 Å². The zero-order valence-corrected chi connectivity index (χ0v) is 20.7. The molecule has 1 aliphatic carbocycles. The number of nitrogens with zero attached hydrogens (tertiary/aromatic N) is 3. The van der Waals surface area contributed by atoms with Crippen molar-refractivity contribution in [2.24, 2.45) is 11.1 Å². The summed E-state index contributed by atoms with van der Waals surface area (Å²) >= 11 is 1.35. The van der Waals surface area contributed by atoms with Crippen molar-refractivity contribution >= 4 is 39.0 Å². The molecule has 1 fully saturated rings. The molecule has 2 aliphatic rings. The lowest BCUT2D eigenvalue weighted by Gasteiger charge is -2.28. The Morgan fingerprint density at radius 3 is 2.94 bits per heavy atom. The fourth-order valence-electron chi connectivity index (χ4n) is 5.14. The van der Waals surface area contributed by atoms with Crippen molar-refractivity contribution in [3.8, 4) is 0 Å². The van der Waals surface area contributed by atoms with Gasteiger partial charge in [-0.1, -0.05) is 13.0 Å². The molecular weight excluding hydrogens is 448 g/mol. The minimum atomic E-state index is -0.125. The van der Waals surface area contributed by atoms with E-state index >= 15 is 0 Å². The molecule has 0 unspecified atom stereocenters. The summed E-state index contributed by atoms with van der Waals surface area (Å²) in [6, 6.07) is 8.17. The van der Waals surface area contributed by atoms with Gasteiger partial charge in [0.1, 0.15) is 15.5 Å². The van der Waals surface area contributed by atoms with Crippen molar-refractivity contribution in [3.63, 3.8) is 0 Å². The van der Waals surface area contributed by atoms with Crippen molar-refractivity contribution in [1.82, 2.24) is 15.3 Å². The number of aryl methyl sites for hydroxylation is 2. The average Bonchev–Trinajstić information content (AvgIpc) is 3.29. The molecule has 5 N–H and O–H groups in total. The van der Waals surface area contributed by atoms with E-state index in [0.29, 0.717) is 17.2 Å². The molecule has 0 spiro atoms. The third-order valence-electron chi connectivity index (χ3n) is 7.19. The van der Waals surface area contributed by atoms with E-state index in [1.807, 2.05) is 19.1 Å². The van der Waals surface area contributed by atoms with Gasteiger partial charge in [0.15, 0.2) is 0 Å². The van der Waals surface area contributed by atoms with Crippen molar-refractivity contribution in [2.45, 2.75) is 45.2 Å². The zero-order chi connectivity index (χ0) is 24.0. The number of fused-ring (bicyclic) bond motifs is 2. The molecule has 0 aromatic carbocycles. The first-order valence-corrected chi connectivity index (χ1v) is 12.5. The van der Waals surface area contributed by atoms with E-state index in [0.717, 1.165) is 59.8 Å². The number of thiophene rings is 1. The smallest absolute Gasteiger partial charge is 0.263 e. The fourth-order valence-corrected chi connectivity index (χ4v) is 6.18. The molecule has 180 valence electrons. The second-order valence-electron chi connectivity index (χ2n) is 9.91. The maximum absolute atomic E-state index is 13.0. The summed E-state index contributed by atoms with van der Waals surface area (Å²) in [5.74, 6) is 0.844. The van der Waals surface area contributed by atoms with Gasteiger partial charge in [-0.25, -0.2) is 9.97 Å². The number of nitrogens with one attached hydrogen (secondary N) is 1. The Labute approximate surface area is 203 Å². The molecule has 0 radical (unpaired) electrons. The molecule has 3 aromatic rings. The number of hydrogen-bond acceptors (Lipinski definition) is 8. The molecule has 1 aliphatic heterocycles. The van der Waals surface area contributed by atoms with Crippen LogP contribution in [0.25, 0.3) is 10.2 Å². The Balaban J connectivity index is 1.27. The van der Waals surface area contributed by atoms with Crippen LogP contribution in [-0.2, 0) is 17.6 Å². The van der Waals surface area contributed by atoms with Crippen LogP contribution in [0, 0.1) is 12.3 Å². The van der Waals surface area contributed by atoms with Crippen LogP contribution in [0.15, 0.2) is 24.3 Å². The van der Waals surface area contributed by atoms with E-state index < -0.39 is 0 Å². The molecule has 3 atom stereocenters. The molecule has 9 heteroatoms.